The summed E-state index contributed by atoms with van der Waals surface area (Å²) in [5.74, 6) is -0.298. The van der Waals surface area contributed by atoms with Crippen molar-refractivity contribution in [3.8, 4) is 0 Å². The van der Waals surface area contributed by atoms with Crippen LogP contribution in [0.4, 0.5) is 9.18 Å². The quantitative estimate of drug-likeness (QED) is 0.711. The molecule has 0 saturated heterocycles. The number of fused-ring (bicyclic) bond motifs is 2. The van der Waals surface area contributed by atoms with E-state index in [1.54, 1.807) is 11.0 Å². The summed E-state index contributed by atoms with van der Waals surface area (Å²) in [5.41, 5.74) is 9.54. The van der Waals surface area contributed by atoms with Gasteiger partial charge in [0.25, 0.3) is 0 Å². The molecule has 2 aromatic carbocycles. The monoisotopic (exact) mass is 309 g/mol. The average Bonchev–Trinajstić information content (AvgIpc) is 2.96. The van der Waals surface area contributed by atoms with Gasteiger partial charge in [-0.1, -0.05) is 24.3 Å². The summed E-state index contributed by atoms with van der Waals surface area (Å²) in [4.78, 5) is 16.7. The fraction of sp³-hybridized carbons (Fsp3) is 0.167. The normalized spacial score (nSPS) is 17.3. The number of primary amides is 1. The number of nitrogens with zero attached hydrogens (tertiary/aromatic N) is 1. The van der Waals surface area contributed by atoms with E-state index in [1.165, 1.54) is 17.7 Å². The maximum Gasteiger partial charge on any atom is 0.315 e. The Morgan fingerprint density at radius 1 is 1.22 bits per heavy atom. The van der Waals surface area contributed by atoms with E-state index in [2.05, 4.69) is 11.1 Å². The minimum atomic E-state index is -0.463. The first-order valence-corrected chi connectivity index (χ1v) is 7.55. The van der Waals surface area contributed by atoms with Crippen molar-refractivity contribution < 1.29 is 9.18 Å². The minimum Gasteiger partial charge on any atom is -0.361 e. The predicted molar refractivity (Wildman–Crippen MR) is 86.5 cm³/mol. The molecule has 1 atom stereocenters. The highest BCUT2D eigenvalue weighted by atomic mass is 19.1. The number of carbonyl (C=O) groups excluding carboxylic acids is 1. The van der Waals surface area contributed by atoms with Crippen LogP contribution >= 0.6 is 0 Å². The Balaban J connectivity index is 1.95. The molecule has 1 unspecified atom stereocenters. The van der Waals surface area contributed by atoms with E-state index >= 15 is 0 Å². The molecule has 1 aliphatic heterocycles. The molecule has 3 aromatic rings. The molecule has 116 valence electrons. The van der Waals surface area contributed by atoms with Crippen LogP contribution in [0.15, 0.2) is 48.7 Å². The van der Waals surface area contributed by atoms with Gasteiger partial charge in [-0.3, -0.25) is 0 Å². The van der Waals surface area contributed by atoms with Crippen LogP contribution in [-0.2, 0) is 6.42 Å². The second-order valence-corrected chi connectivity index (χ2v) is 5.82. The van der Waals surface area contributed by atoms with Crippen molar-refractivity contribution in [3.63, 3.8) is 0 Å². The molecular weight excluding hydrogens is 293 g/mol. The first-order chi connectivity index (χ1) is 11.1. The SMILES string of the molecule is NC(=O)N1CCc2ccccc2C1c1c[nH]c2ccc(F)cc12. The van der Waals surface area contributed by atoms with Crippen LogP contribution in [0.5, 0.6) is 0 Å². The Hall–Kier alpha value is -2.82. The summed E-state index contributed by atoms with van der Waals surface area (Å²) in [6.45, 7) is 0.555. The topological polar surface area (TPSA) is 62.1 Å². The van der Waals surface area contributed by atoms with E-state index in [4.69, 9.17) is 5.73 Å². The number of H-pyrrole nitrogens is 1. The van der Waals surface area contributed by atoms with Gasteiger partial charge in [0.15, 0.2) is 0 Å². The lowest BCUT2D eigenvalue weighted by Gasteiger charge is -2.36. The molecule has 0 fully saturated rings. The molecule has 4 nitrogen and oxygen atoms in total. The zero-order chi connectivity index (χ0) is 16.0. The van der Waals surface area contributed by atoms with E-state index in [0.29, 0.717) is 6.54 Å². The highest BCUT2D eigenvalue weighted by molar-refractivity contribution is 5.85. The number of aromatic nitrogens is 1. The van der Waals surface area contributed by atoms with Gasteiger partial charge in [0, 0.05) is 29.2 Å². The third-order valence-electron chi connectivity index (χ3n) is 4.54. The number of nitrogens with two attached hydrogens (primary N) is 1. The highest BCUT2D eigenvalue weighted by Crippen LogP contribution is 2.38. The number of rotatable bonds is 1. The lowest BCUT2D eigenvalue weighted by atomic mass is 9.88. The Bertz CT molecular complexity index is 902. The van der Waals surface area contributed by atoms with Crippen LogP contribution in [0.1, 0.15) is 22.7 Å². The molecule has 23 heavy (non-hydrogen) atoms. The third-order valence-corrected chi connectivity index (χ3v) is 4.54. The number of carbonyl (C=O) groups is 1. The Morgan fingerprint density at radius 3 is 2.87 bits per heavy atom. The lowest BCUT2D eigenvalue weighted by Crippen LogP contribution is -2.43. The number of nitrogens with one attached hydrogen (secondary N) is 1. The second-order valence-electron chi connectivity index (χ2n) is 5.82. The average molecular weight is 309 g/mol. The Kier molecular flexibility index (Phi) is 3.08. The zero-order valence-corrected chi connectivity index (χ0v) is 12.4. The van der Waals surface area contributed by atoms with Crippen LogP contribution in [0.3, 0.4) is 0 Å². The standard InChI is InChI=1S/C18H16FN3O/c19-12-5-6-16-14(9-12)15(10-21-16)17-13-4-2-1-3-11(13)7-8-22(17)18(20)23/h1-6,9-10,17,21H,7-8H2,(H2,20,23). The van der Waals surface area contributed by atoms with Crippen molar-refractivity contribution in [2.75, 3.05) is 6.54 Å². The number of hydrogen-bond acceptors (Lipinski definition) is 1. The summed E-state index contributed by atoms with van der Waals surface area (Å²) >= 11 is 0. The molecule has 0 saturated carbocycles. The largest absolute Gasteiger partial charge is 0.361 e. The molecule has 1 aliphatic rings. The predicted octanol–water partition coefficient (Wildman–Crippen LogP) is 3.33. The van der Waals surface area contributed by atoms with Gasteiger partial charge in [-0.2, -0.15) is 0 Å². The minimum absolute atomic E-state index is 0.298. The number of amides is 2. The molecule has 2 heterocycles. The fourth-order valence-corrected chi connectivity index (χ4v) is 3.48. The van der Waals surface area contributed by atoms with Gasteiger partial charge >= 0.3 is 6.03 Å². The molecule has 1 aromatic heterocycles. The van der Waals surface area contributed by atoms with Crippen molar-refractivity contribution >= 4 is 16.9 Å². The van der Waals surface area contributed by atoms with Crippen LogP contribution in [-0.4, -0.2) is 22.5 Å². The first-order valence-electron chi connectivity index (χ1n) is 7.55. The summed E-state index contributed by atoms with van der Waals surface area (Å²) in [6.07, 6.45) is 2.61. The van der Waals surface area contributed by atoms with Gasteiger partial charge in [-0.25, -0.2) is 9.18 Å². The van der Waals surface area contributed by atoms with Crippen molar-refractivity contribution in [2.45, 2.75) is 12.5 Å². The third kappa shape index (κ3) is 2.16. The van der Waals surface area contributed by atoms with E-state index in [9.17, 15) is 9.18 Å². The number of hydrogen-bond donors (Lipinski definition) is 2. The molecule has 3 N–H and O–H groups in total. The molecule has 0 radical (unpaired) electrons. The van der Waals surface area contributed by atoms with Gasteiger partial charge in [0.2, 0.25) is 0 Å². The van der Waals surface area contributed by atoms with Crippen molar-refractivity contribution in [3.05, 3.63) is 71.2 Å². The van der Waals surface area contributed by atoms with Crippen molar-refractivity contribution in [2.24, 2.45) is 5.73 Å². The summed E-state index contributed by atoms with van der Waals surface area (Å²) in [6, 6.07) is 11.9. The van der Waals surface area contributed by atoms with E-state index in [0.717, 1.165) is 28.5 Å². The number of halogens is 1. The van der Waals surface area contributed by atoms with Gasteiger partial charge in [-0.15, -0.1) is 0 Å². The Labute approximate surface area is 132 Å². The highest BCUT2D eigenvalue weighted by Gasteiger charge is 2.32. The number of urea groups is 1. The first kappa shape index (κ1) is 13.8. The number of benzene rings is 2. The molecule has 5 heteroatoms. The van der Waals surface area contributed by atoms with Gasteiger partial charge < -0.3 is 15.6 Å². The summed E-state index contributed by atoms with van der Waals surface area (Å²) < 4.78 is 13.7. The van der Waals surface area contributed by atoms with E-state index < -0.39 is 6.03 Å². The summed E-state index contributed by atoms with van der Waals surface area (Å²) in [7, 11) is 0. The van der Waals surface area contributed by atoms with Crippen molar-refractivity contribution in [1.29, 1.82) is 0 Å². The molecular formula is C18H16FN3O. The molecule has 0 spiro atoms. The van der Waals surface area contributed by atoms with E-state index in [1.807, 2.05) is 24.4 Å². The van der Waals surface area contributed by atoms with Crippen LogP contribution in [0.25, 0.3) is 10.9 Å². The Morgan fingerprint density at radius 2 is 2.04 bits per heavy atom. The lowest BCUT2D eigenvalue weighted by molar-refractivity contribution is 0.190. The van der Waals surface area contributed by atoms with Crippen LogP contribution in [0, 0.1) is 5.82 Å². The maximum absolute atomic E-state index is 13.7. The van der Waals surface area contributed by atoms with Gasteiger partial charge in [-0.05, 0) is 35.7 Å². The zero-order valence-electron chi connectivity index (χ0n) is 12.4. The van der Waals surface area contributed by atoms with Crippen LogP contribution < -0.4 is 5.73 Å². The molecule has 2 amide bonds. The fourth-order valence-electron chi connectivity index (χ4n) is 3.48. The van der Waals surface area contributed by atoms with Crippen LogP contribution in [0.2, 0.25) is 0 Å². The molecule has 0 bridgehead atoms. The molecule has 0 aliphatic carbocycles. The summed E-state index contributed by atoms with van der Waals surface area (Å²) in [5, 5.41) is 0.776. The smallest absolute Gasteiger partial charge is 0.315 e. The maximum atomic E-state index is 13.7. The number of aromatic amines is 1. The second kappa shape index (κ2) is 5.12. The van der Waals surface area contributed by atoms with Gasteiger partial charge in [0.1, 0.15) is 5.82 Å². The molecule has 4 rings (SSSR count). The van der Waals surface area contributed by atoms with Gasteiger partial charge in [0.05, 0.1) is 6.04 Å². The van der Waals surface area contributed by atoms with Crippen molar-refractivity contribution in [1.82, 2.24) is 9.88 Å². The van der Waals surface area contributed by atoms with E-state index in [-0.39, 0.29) is 11.9 Å².